The van der Waals surface area contributed by atoms with Crippen molar-refractivity contribution < 1.29 is 0 Å². The van der Waals surface area contributed by atoms with Crippen LogP contribution in [0.15, 0.2) is 23.4 Å². The number of aryl methyl sites for hydroxylation is 1. The molecule has 12 heavy (non-hydrogen) atoms. The van der Waals surface area contributed by atoms with Crippen molar-refractivity contribution in [2.75, 3.05) is 0 Å². The molecule has 0 aliphatic heterocycles. The second kappa shape index (κ2) is 4.36. The SMILES string of the molecule is CCc1ccnc(CN=[N+]=[N-])c1. The molecule has 0 aliphatic rings. The van der Waals surface area contributed by atoms with Crippen LogP contribution >= 0.6 is 0 Å². The summed E-state index contributed by atoms with van der Waals surface area (Å²) in [6.07, 6.45) is 2.72. The number of pyridine rings is 1. The van der Waals surface area contributed by atoms with E-state index < -0.39 is 0 Å². The fourth-order valence-electron chi connectivity index (χ4n) is 0.939. The summed E-state index contributed by atoms with van der Waals surface area (Å²) in [5.74, 6) is 0. The van der Waals surface area contributed by atoms with E-state index in [0.717, 1.165) is 12.1 Å². The standard InChI is InChI=1S/C8H10N4/c1-2-7-3-4-10-8(5-7)6-11-12-9/h3-5H,2,6H2,1H3. The van der Waals surface area contributed by atoms with Gasteiger partial charge in [0.25, 0.3) is 0 Å². The van der Waals surface area contributed by atoms with Crippen LogP contribution in [0.3, 0.4) is 0 Å². The average Bonchev–Trinajstić information content (AvgIpc) is 2.15. The van der Waals surface area contributed by atoms with Gasteiger partial charge in [0, 0.05) is 16.8 Å². The number of hydrogen-bond donors (Lipinski definition) is 0. The van der Waals surface area contributed by atoms with E-state index in [1.165, 1.54) is 5.56 Å². The van der Waals surface area contributed by atoms with Gasteiger partial charge < -0.3 is 0 Å². The highest BCUT2D eigenvalue weighted by Gasteiger charge is 1.93. The Bertz CT molecular complexity index is 302. The Hall–Kier alpha value is -1.54. The molecule has 0 saturated heterocycles. The van der Waals surface area contributed by atoms with Crippen LogP contribution in [0.25, 0.3) is 10.4 Å². The van der Waals surface area contributed by atoms with Gasteiger partial charge in [0.05, 0.1) is 6.54 Å². The zero-order chi connectivity index (χ0) is 8.81. The third-order valence-corrected chi connectivity index (χ3v) is 1.59. The number of hydrogen-bond acceptors (Lipinski definition) is 2. The lowest BCUT2D eigenvalue weighted by Crippen LogP contribution is -1.88. The molecule has 1 aromatic heterocycles. The molecule has 4 nitrogen and oxygen atoms in total. The summed E-state index contributed by atoms with van der Waals surface area (Å²) < 4.78 is 0. The topological polar surface area (TPSA) is 61.7 Å². The van der Waals surface area contributed by atoms with Crippen LogP contribution < -0.4 is 0 Å². The van der Waals surface area contributed by atoms with Crippen molar-refractivity contribution in [1.29, 1.82) is 0 Å². The molecule has 0 aromatic carbocycles. The van der Waals surface area contributed by atoms with E-state index in [-0.39, 0.29) is 0 Å². The van der Waals surface area contributed by atoms with Gasteiger partial charge in [-0.05, 0) is 29.6 Å². The number of nitrogens with zero attached hydrogens (tertiary/aromatic N) is 4. The molecule has 0 unspecified atom stereocenters. The van der Waals surface area contributed by atoms with Crippen LogP contribution in [0.4, 0.5) is 0 Å². The highest BCUT2D eigenvalue weighted by atomic mass is 15.1. The van der Waals surface area contributed by atoms with Gasteiger partial charge in [0.15, 0.2) is 0 Å². The Kier molecular flexibility index (Phi) is 3.11. The van der Waals surface area contributed by atoms with Gasteiger partial charge in [-0.15, -0.1) is 0 Å². The predicted octanol–water partition coefficient (Wildman–Crippen LogP) is 2.45. The molecule has 1 rings (SSSR count). The first-order valence-electron chi connectivity index (χ1n) is 3.81. The molecule has 0 spiro atoms. The lowest BCUT2D eigenvalue weighted by Gasteiger charge is -1.97. The smallest absolute Gasteiger partial charge is 0.0684 e. The van der Waals surface area contributed by atoms with Crippen LogP contribution in [0.5, 0.6) is 0 Å². The lowest BCUT2D eigenvalue weighted by atomic mass is 10.2. The molecular weight excluding hydrogens is 152 g/mol. The molecule has 1 heterocycles. The molecule has 0 amide bonds. The van der Waals surface area contributed by atoms with E-state index in [4.69, 9.17) is 5.53 Å². The number of azide groups is 1. The van der Waals surface area contributed by atoms with Crippen LogP contribution in [0, 0.1) is 0 Å². The van der Waals surface area contributed by atoms with Gasteiger partial charge in [-0.3, -0.25) is 4.98 Å². The summed E-state index contributed by atoms with van der Waals surface area (Å²) in [5.41, 5.74) is 10.1. The first-order valence-corrected chi connectivity index (χ1v) is 3.81. The fourth-order valence-corrected chi connectivity index (χ4v) is 0.939. The first kappa shape index (κ1) is 8.56. The van der Waals surface area contributed by atoms with Crippen LogP contribution in [0.2, 0.25) is 0 Å². The maximum Gasteiger partial charge on any atom is 0.0684 e. The summed E-state index contributed by atoms with van der Waals surface area (Å²) in [7, 11) is 0. The Balaban J connectivity index is 2.78. The van der Waals surface area contributed by atoms with E-state index >= 15 is 0 Å². The summed E-state index contributed by atoms with van der Waals surface area (Å²) in [6.45, 7) is 2.41. The first-order chi connectivity index (χ1) is 5.86. The van der Waals surface area contributed by atoms with Crippen LogP contribution in [0.1, 0.15) is 18.2 Å². The predicted molar refractivity (Wildman–Crippen MR) is 46.5 cm³/mol. The minimum absolute atomic E-state index is 0.338. The summed E-state index contributed by atoms with van der Waals surface area (Å²) in [6, 6.07) is 3.91. The van der Waals surface area contributed by atoms with Gasteiger partial charge in [0.2, 0.25) is 0 Å². The van der Waals surface area contributed by atoms with E-state index in [1.807, 2.05) is 12.1 Å². The molecule has 4 heteroatoms. The van der Waals surface area contributed by atoms with Crippen molar-refractivity contribution in [2.45, 2.75) is 19.9 Å². The van der Waals surface area contributed by atoms with Gasteiger partial charge in [-0.1, -0.05) is 12.0 Å². The lowest BCUT2D eigenvalue weighted by molar-refractivity contribution is 0.959. The zero-order valence-corrected chi connectivity index (χ0v) is 6.94. The Morgan fingerprint density at radius 2 is 2.50 bits per heavy atom. The quantitative estimate of drug-likeness (QED) is 0.382. The van der Waals surface area contributed by atoms with Crippen molar-refractivity contribution in [2.24, 2.45) is 5.11 Å². The number of rotatable bonds is 3. The molecule has 0 N–H and O–H groups in total. The maximum atomic E-state index is 8.08. The molecule has 0 atom stereocenters. The molecule has 0 aliphatic carbocycles. The number of aromatic nitrogens is 1. The highest BCUT2D eigenvalue weighted by molar-refractivity contribution is 5.15. The summed E-state index contributed by atoms with van der Waals surface area (Å²) in [4.78, 5) is 6.73. The van der Waals surface area contributed by atoms with Gasteiger partial charge >= 0.3 is 0 Å². The largest absolute Gasteiger partial charge is 0.261 e. The Morgan fingerprint density at radius 1 is 1.67 bits per heavy atom. The average molecular weight is 162 g/mol. The second-order valence-electron chi connectivity index (χ2n) is 2.40. The van der Waals surface area contributed by atoms with E-state index in [1.54, 1.807) is 6.20 Å². The van der Waals surface area contributed by atoms with Crippen molar-refractivity contribution in [3.05, 3.63) is 40.0 Å². The monoisotopic (exact) mass is 162 g/mol. The van der Waals surface area contributed by atoms with E-state index in [0.29, 0.717) is 6.54 Å². The maximum absolute atomic E-state index is 8.08. The molecule has 0 radical (unpaired) electrons. The Morgan fingerprint density at radius 3 is 3.17 bits per heavy atom. The molecular formula is C8H10N4. The molecule has 0 saturated carbocycles. The molecule has 0 fully saturated rings. The van der Waals surface area contributed by atoms with Crippen molar-refractivity contribution in [3.8, 4) is 0 Å². The van der Waals surface area contributed by atoms with E-state index in [9.17, 15) is 0 Å². The van der Waals surface area contributed by atoms with Gasteiger partial charge in [-0.2, -0.15) is 0 Å². The third-order valence-electron chi connectivity index (χ3n) is 1.59. The minimum Gasteiger partial charge on any atom is -0.261 e. The molecule has 62 valence electrons. The molecule has 1 aromatic rings. The van der Waals surface area contributed by atoms with Crippen molar-refractivity contribution in [3.63, 3.8) is 0 Å². The Labute approximate surface area is 70.9 Å². The highest BCUT2D eigenvalue weighted by Crippen LogP contribution is 2.03. The van der Waals surface area contributed by atoms with Crippen molar-refractivity contribution >= 4 is 0 Å². The third kappa shape index (κ3) is 2.25. The van der Waals surface area contributed by atoms with Crippen molar-refractivity contribution in [1.82, 2.24) is 4.98 Å². The van der Waals surface area contributed by atoms with Crippen LogP contribution in [-0.2, 0) is 13.0 Å². The zero-order valence-electron chi connectivity index (χ0n) is 6.94. The second-order valence-corrected chi connectivity index (χ2v) is 2.40. The van der Waals surface area contributed by atoms with Crippen LogP contribution in [-0.4, -0.2) is 4.98 Å². The molecule has 0 bridgehead atoms. The fraction of sp³-hybridized carbons (Fsp3) is 0.375. The van der Waals surface area contributed by atoms with Gasteiger partial charge in [0.1, 0.15) is 0 Å². The summed E-state index contributed by atoms with van der Waals surface area (Å²) in [5, 5.41) is 3.44. The summed E-state index contributed by atoms with van der Waals surface area (Å²) >= 11 is 0. The normalized spacial score (nSPS) is 9.08. The van der Waals surface area contributed by atoms with Gasteiger partial charge in [-0.25, -0.2) is 0 Å². The minimum atomic E-state index is 0.338. The van der Waals surface area contributed by atoms with E-state index in [2.05, 4.69) is 21.9 Å².